The molecule has 2 fully saturated rings. The van der Waals surface area contributed by atoms with Crippen molar-refractivity contribution in [2.24, 2.45) is 11.8 Å². The maximum Gasteiger partial charge on any atom is 0.490 e. The standard InChI is InChI=1S/C17H26N2O.C2HF3O2/c1-17(2,20)13-19-11-15-9-18(10-16(15)12-19)8-14-6-4-3-5-7-14;3-2(4,5)1(6)7/h3-7,15-16,20H,8-13H2,1-2H3;(H,6,7)/t15-,16+;. The van der Waals surface area contributed by atoms with Crippen LogP contribution in [0, 0.1) is 11.8 Å². The molecule has 0 unspecified atom stereocenters. The van der Waals surface area contributed by atoms with Crippen LogP contribution in [0.15, 0.2) is 30.3 Å². The SMILES string of the molecule is CC(C)(O)CN1C[C@H]2CN(Cc3ccccc3)C[C@H]2C1.O=C(O)C(F)(F)F. The first-order valence-electron chi connectivity index (χ1n) is 8.95. The second-order valence-electron chi connectivity index (χ2n) is 8.01. The molecule has 0 saturated carbocycles. The number of hydrogen-bond acceptors (Lipinski definition) is 4. The normalized spacial score (nSPS) is 23.6. The van der Waals surface area contributed by atoms with Crippen molar-refractivity contribution in [3.63, 3.8) is 0 Å². The van der Waals surface area contributed by atoms with Gasteiger partial charge in [0.1, 0.15) is 0 Å². The second-order valence-corrected chi connectivity index (χ2v) is 8.01. The number of aliphatic carboxylic acids is 1. The monoisotopic (exact) mass is 388 g/mol. The first-order valence-corrected chi connectivity index (χ1v) is 8.95. The number of carbonyl (C=O) groups is 1. The number of rotatable bonds is 4. The van der Waals surface area contributed by atoms with E-state index >= 15 is 0 Å². The van der Waals surface area contributed by atoms with Gasteiger partial charge in [0.2, 0.25) is 0 Å². The Morgan fingerprint density at radius 3 is 1.89 bits per heavy atom. The minimum Gasteiger partial charge on any atom is -0.475 e. The summed E-state index contributed by atoms with van der Waals surface area (Å²) in [5.41, 5.74) is 0.850. The van der Waals surface area contributed by atoms with Gasteiger partial charge in [0.25, 0.3) is 0 Å². The van der Waals surface area contributed by atoms with Crippen LogP contribution in [0.3, 0.4) is 0 Å². The predicted octanol–water partition coefficient (Wildman–Crippen LogP) is 2.45. The van der Waals surface area contributed by atoms with E-state index in [1.54, 1.807) is 0 Å². The number of hydrogen-bond donors (Lipinski definition) is 2. The molecule has 2 heterocycles. The number of halogens is 3. The molecule has 8 heteroatoms. The third-order valence-electron chi connectivity index (χ3n) is 4.74. The molecule has 0 bridgehead atoms. The highest BCUT2D eigenvalue weighted by Gasteiger charge is 2.40. The zero-order valence-electron chi connectivity index (χ0n) is 15.6. The Bertz CT molecular complexity index is 603. The quantitative estimate of drug-likeness (QED) is 0.830. The summed E-state index contributed by atoms with van der Waals surface area (Å²) in [5, 5.41) is 17.1. The summed E-state index contributed by atoms with van der Waals surface area (Å²) in [6.07, 6.45) is -5.08. The summed E-state index contributed by atoms with van der Waals surface area (Å²) in [7, 11) is 0. The molecule has 2 N–H and O–H groups in total. The van der Waals surface area contributed by atoms with Gasteiger partial charge in [0, 0.05) is 39.3 Å². The van der Waals surface area contributed by atoms with Crippen LogP contribution in [-0.4, -0.2) is 70.5 Å². The zero-order chi connectivity index (χ0) is 20.2. The molecule has 152 valence electrons. The fourth-order valence-corrected chi connectivity index (χ4v) is 3.83. The van der Waals surface area contributed by atoms with Gasteiger partial charge in [-0.15, -0.1) is 0 Å². The Morgan fingerprint density at radius 1 is 1.04 bits per heavy atom. The van der Waals surface area contributed by atoms with Crippen LogP contribution < -0.4 is 0 Å². The van der Waals surface area contributed by atoms with Crippen LogP contribution in [-0.2, 0) is 11.3 Å². The van der Waals surface area contributed by atoms with Crippen LogP contribution in [0.5, 0.6) is 0 Å². The van der Waals surface area contributed by atoms with E-state index in [1.165, 1.54) is 18.7 Å². The van der Waals surface area contributed by atoms with Crippen molar-refractivity contribution in [3.8, 4) is 0 Å². The molecule has 2 saturated heterocycles. The van der Waals surface area contributed by atoms with E-state index in [0.29, 0.717) is 0 Å². The first-order chi connectivity index (χ1) is 12.4. The molecule has 0 spiro atoms. The van der Waals surface area contributed by atoms with E-state index in [9.17, 15) is 18.3 Å². The largest absolute Gasteiger partial charge is 0.490 e. The number of benzene rings is 1. The molecule has 0 radical (unpaired) electrons. The molecule has 2 atom stereocenters. The van der Waals surface area contributed by atoms with Crippen LogP contribution >= 0.6 is 0 Å². The molecular formula is C19H27F3N2O3. The third kappa shape index (κ3) is 7.12. The summed E-state index contributed by atoms with van der Waals surface area (Å²) < 4.78 is 31.7. The molecule has 3 rings (SSSR count). The minimum atomic E-state index is -5.08. The van der Waals surface area contributed by atoms with Crippen molar-refractivity contribution in [2.45, 2.75) is 32.2 Å². The van der Waals surface area contributed by atoms with Gasteiger partial charge >= 0.3 is 12.1 Å². The number of fused-ring (bicyclic) bond motifs is 1. The minimum absolute atomic E-state index is 0.567. The smallest absolute Gasteiger partial charge is 0.475 e. The van der Waals surface area contributed by atoms with Crippen molar-refractivity contribution in [1.29, 1.82) is 0 Å². The zero-order valence-corrected chi connectivity index (χ0v) is 15.6. The number of carboxylic acids is 1. The number of alkyl halides is 3. The highest BCUT2D eigenvalue weighted by molar-refractivity contribution is 5.73. The van der Waals surface area contributed by atoms with Crippen molar-refractivity contribution in [1.82, 2.24) is 9.80 Å². The topological polar surface area (TPSA) is 64.0 Å². The lowest BCUT2D eigenvalue weighted by molar-refractivity contribution is -0.192. The Labute approximate surface area is 157 Å². The van der Waals surface area contributed by atoms with E-state index in [1.807, 2.05) is 13.8 Å². The van der Waals surface area contributed by atoms with Crippen molar-refractivity contribution in [2.75, 3.05) is 32.7 Å². The molecule has 2 aliphatic rings. The van der Waals surface area contributed by atoms with Crippen molar-refractivity contribution >= 4 is 5.97 Å². The average molecular weight is 388 g/mol. The van der Waals surface area contributed by atoms with Gasteiger partial charge < -0.3 is 10.2 Å². The second kappa shape index (κ2) is 8.58. The number of β-amino-alcohol motifs (C(OH)–C–C–N with tert-alkyl or cyclic N) is 1. The Balaban J connectivity index is 0.000000321. The Kier molecular flexibility index (Phi) is 6.88. The van der Waals surface area contributed by atoms with E-state index in [2.05, 4.69) is 40.1 Å². The number of carboxylic acid groups (broad SMARTS) is 1. The van der Waals surface area contributed by atoms with E-state index in [4.69, 9.17) is 9.90 Å². The summed E-state index contributed by atoms with van der Waals surface area (Å²) in [4.78, 5) is 13.9. The lowest BCUT2D eigenvalue weighted by Crippen LogP contribution is -2.39. The van der Waals surface area contributed by atoms with Crippen LogP contribution in [0.2, 0.25) is 0 Å². The third-order valence-corrected chi connectivity index (χ3v) is 4.74. The maximum atomic E-state index is 10.6. The predicted molar refractivity (Wildman–Crippen MR) is 95.1 cm³/mol. The summed E-state index contributed by atoms with van der Waals surface area (Å²) in [5.74, 6) is -1.17. The molecule has 2 aliphatic heterocycles. The van der Waals surface area contributed by atoms with Crippen LogP contribution in [0.25, 0.3) is 0 Å². The summed E-state index contributed by atoms with van der Waals surface area (Å²) in [6.45, 7) is 10.4. The highest BCUT2D eigenvalue weighted by atomic mass is 19.4. The van der Waals surface area contributed by atoms with Gasteiger partial charge in [-0.1, -0.05) is 30.3 Å². The van der Waals surface area contributed by atoms with Crippen molar-refractivity contribution in [3.05, 3.63) is 35.9 Å². The van der Waals surface area contributed by atoms with Gasteiger partial charge in [0.05, 0.1) is 5.60 Å². The first kappa shape index (κ1) is 21.7. The van der Waals surface area contributed by atoms with Crippen molar-refractivity contribution < 1.29 is 28.2 Å². The van der Waals surface area contributed by atoms with E-state index in [0.717, 1.165) is 38.0 Å². The fraction of sp³-hybridized carbons (Fsp3) is 0.632. The van der Waals surface area contributed by atoms with Gasteiger partial charge in [-0.05, 0) is 31.2 Å². The Hall–Kier alpha value is -1.64. The molecule has 27 heavy (non-hydrogen) atoms. The Morgan fingerprint density at radius 2 is 1.48 bits per heavy atom. The van der Waals surface area contributed by atoms with Gasteiger partial charge in [0.15, 0.2) is 0 Å². The summed E-state index contributed by atoms with van der Waals surface area (Å²) in [6, 6.07) is 10.8. The maximum absolute atomic E-state index is 10.6. The molecule has 1 aromatic rings. The lowest BCUT2D eigenvalue weighted by atomic mass is 10.0. The fourth-order valence-electron chi connectivity index (χ4n) is 3.83. The lowest BCUT2D eigenvalue weighted by Gasteiger charge is -2.27. The number of nitrogens with zero attached hydrogens (tertiary/aromatic N) is 2. The van der Waals surface area contributed by atoms with Crippen LogP contribution in [0.1, 0.15) is 19.4 Å². The van der Waals surface area contributed by atoms with Gasteiger partial charge in [-0.2, -0.15) is 13.2 Å². The number of likely N-dealkylation sites (tertiary alicyclic amines) is 2. The highest BCUT2D eigenvalue weighted by Crippen LogP contribution is 2.32. The molecule has 0 aromatic heterocycles. The van der Waals surface area contributed by atoms with Gasteiger partial charge in [-0.3, -0.25) is 9.80 Å². The molecule has 1 aromatic carbocycles. The van der Waals surface area contributed by atoms with Crippen LogP contribution in [0.4, 0.5) is 13.2 Å². The van der Waals surface area contributed by atoms with E-state index < -0.39 is 17.7 Å². The number of aliphatic hydroxyl groups is 1. The summed E-state index contributed by atoms with van der Waals surface area (Å²) >= 11 is 0. The van der Waals surface area contributed by atoms with E-state index in [-0.39, 0.29) is 0 Å². The molecule has 5 nitrogen and oxygen atoms in total. The van der Waals surface area contributed by atoms with Gasteiger partial charge in [-0.25, -0.2) is 4.79 Å². The molecule has 0 amide bonds. The average Bonchev–Trinajstić information content (AvgIpc) is 3.03. The molecular weight excluding hydrogens is 361 g/mol. The molecule has 0 aliphatic carbocycles.